The third kappa shape index (κ3) is 2.65. The molecule has 17 heavy (non-hydrogen) atoms. The Labute approximate surface area is 106 Å². The van der Waals surface area contributed by atoms with Crippen LogP contribution in [0.25, 0.3) is 0 Å². The fourth-order valence-corrected chi connectivity index (χ4v) is 2.88. The summed E-state index contributed by atoms with van der Waals surface area (Å²) in [4.78, 5) is 11.8. The minimum atomic E-state index is -0.0705. The molecule has 1 aliphatic rings. The highest BCUT2D eigenvalue weighted by Crippen LogP contribution is 2.40. The van der Waals surface area contributed by atoms with E-state index in [0.717, 1.165) is 18.6 Å². The van der Waals surface area contributed by atoms with Crippen LogP contribution in [0.4, 0.5) is 0 Å². The lowest BCUT2D eigenvalue weighted by molar-refractivity contribution is 0.262. The molecule has 2 rings (SSSR count). The Bertz CT molecular complexity index is 438. The number of ether oxygens (including phenoxy) is 1. The number of nitrogens with zero attached hydrogens (tertiary/aromatic N) is 2. The van der Waals surface area contributed by atoms with Crippen LogP contribution in [0, 0.1) is 5.41 Å². The van der Waals surface area contributed by atoms with E-state index in [2.05, 4.69) is 17.7 Å². The first-order chi connectivity index (χ1) is 8.19. The van der Waals surface area contributed by atoms with E-state index >= 15 is 0 Å². The van der Waals surface area contributed by atoms with Gasteiger partial charge in [0.1, 0.15) is 0 Å². The molecule has 0 unspecified atom stereocenters. The Morgan fingerprint density at radius 3 is 2.76 bits per heavy atom. The van der Waals surface area contributed by atoms with Gasteiger partial charge in [-0.1, -0.05) is 12.8 Å². The number of thiol groups is 1. The van der Waals surface area contributed by atoms with Crippen LogP contribution in [0.2, 0.25) is 0 Å². The highest BCUT2D eigenvalue weighted by atomic mass is 32.1. The van der Waals surface area contributed by atoms with E-state index in [4.69, 9.17) is 4.74 Å². The molecule has 0 atom stereocenters. The molecule has 1 fully saturated rings. The van der Waals surface area contributed by atoms with Crippen LogP contribution in [0.5, 0.6) is 5.88 Å². The summed E-state index contributed by atoms with van der Waals surface area (Å²) < 4.78 is 6.57. The van der Waals surface area contributed by atoms with Gasteiger partial charge in [-0.2, -0.15) is 12.6 Å². The van der Waals surface area contributed by atoms with E-state index in [9.17, 15) is 4.79 Å². The van der Waals surface area contributed by atoms with Crippen LogP contribution >= 0.6 is 12.6 Å². The van der Waals surface area contributed by atoms with Gasteiger partial charge in [0.15, 0.2) is 0 Å². The van der Waals surface area contributed by atoms with Gasteiger partial charge < -0.3 is 4.74 Å². The number of methoxy groups -OCH3 is 1. The SMILES string of the molecule is COc1ccc(=O)n(CC2(CS)CCCC2)n1. The van der Waals surface area contributed by atoms with Crippen molar-refractivity contribution in [3.63, 3.8) is 0 Å². The van der Waals surface area contributed by atoms with Crippen LogP contribution in [-0.2, 0) is 6.54 Å². The molecule has 0 aliphatic heterocycles. The van der Waals surface area contributed by atoms with Crippen molar-refractivity contribution >= 4 is 12.6 Å². The van der Waals surface area contributed by atoms with Crippen LogP contribution in [0.1, 0.15) is 25.7 Å². The Kier molecular flexibility index (Phi) is 3.76. The number of aromatic nitrogens is 2. The Balaban J connectivity index is 2.25. The van der Waals surface area contributed by atoms with Crippen molar-refractivity contribution in [1.82, 2.24) is 9.78 Å². The second-order valence-corrected chi connectivity index (χ2v) is 5.05. The Morgan fingerprint density at radius 1 is 1.47 bits per heavy atom. The van der Waals surface area contributed by atoms with Crippen molar-refractivity contribution in [2.24, 2.45) is 5.41 Å². The molecule has 4 nitrogen and oxygen atoms in total. The molecule has 1 aromatic rings. The summed E-state index contributed by atoms with van der Waals surface area (Å²) in [6.07, 6.45) is 4.70. The van der Waals surface area contributed by atoms with Crippen LogP contribution in [0.3, 0.4) is 0 Å². The molecule has 1 heterocycles. The van der Waals surface area contributed by atoms with Crippen LogP contribution in [0.15, 0.2) is 16.9 Å². The second kappa shape index (κ2) is 5.12. The molecule has 0 amide bonds. The summed E-state index contributed by atoms with van der Waals surface area (Å²) in [5, 5.41) is 4.20. The summed E-state index contributed by atoms with van der Waals surface area (Å²) in [5.74, 6) is 1.29. The van der Waals surface area contributed by atoms with Crippen molar-refractivity contribution in [1.29, 1.82) is 0 Å². The normalized spacial score (nSPS) is 18.2. The first-order valence-electron chi connectivity index (χ1n) is 5.92. The second-order valence-electron chi connectivity index (χ2n) is 4.74. The summed E-state index contributed by atoms with van der Waals surface area (Å²) in [6, 6.07) is 3.11. The lowest BCUT2D eigenvalue weighted by Gasteiger charge is -2.26. The third-order valence-corrected chi connectivity index (χ3v) is 4.21. The van der Waals surface area contributed by atoms with Crippen molar-refractivity contribution in [3.05, 3.63) is 22.5 Å². The van der Waals surface area contributed by atoms with Crippen molar-refractivity contribution in [2.45, 2.75) is 32.2 Å². The molecule has 5 heteroatoms. The third-order valence-electron chi connectivity index (χ3n) is 3.54. The molecule has 0 bridgehead atoms. The number of hydrogen-bond acceptors (Lipinski definition) is 4. The molecular weight excluding hydrogens is 236 g/mol. The minimum absolute atomic E-state index is 0.0705. The first kappa shape index (κ1) is 12.5. The maximum atomic E-state index is 11.8. The highest BCUT2D eigenvalue weighted by Gasteiger charge is 2.33. The van der Waals surface area contributed by atoms with E-state index in [1.807, 2.05) is 0 Å². The van der Waals surface area contributed by atoms with Gasteiger partial charge in [0.05, 0.1) is 13.7 Å². The number of rotatable bonds is 4. The van der Waals surface area contributed by atoms with E-state index in [1.54, 1.807) is 13.2 Å². The maximum absolute atomic E-state index is 11.8. The summed E-state index contributed by atoms with van der Waals surface area (Å²) in [6.45, 7) is 0.645. The highest BCUT2D eigenvalue weighted by molar-refractivity contribution is 7.80. The van der Waals surface area contributed by atoms with Gasteiger partial charge in [-0.25, -0.2) is 4.68 Å². The predicted molar refractivity (Wildman–Crippen MR) is 69.8 cm³/mol. The first-order valence-corrected chi connectivity index (χ1v) is 6.55. The molecule has 1 aromatic heterocycles. The van der Waals surface area contributed by atoms with E-state index < -0.39 is 0 Å². The maximum Gasteiger partial charge on any atom is 0.266 e. The van der Waals surface area contributed by atoms with E-state index in [0.29, 0.717) is 12.4 Å². The predicted octanol–water partition coefficient (Wildman–Crippen LogP) is 1.74. The molecule has 0 N–H and O–H groups in total. The van der Waals surface area contributed by atoms with Gasteiger partial charge in [-0.05, 0) is 24.0 Å². The van der Waals surface area contributed by atoms with Crippen LogP contribution < -0.4 is 10.3 Å². The smallest absolute Gasteiger partial charge is 0.266 e. The zero-order valence-corrected chi connectivity index (χ0v) is 10.9. The van der Waals surface area contributed by atoms with Gasteiger partial charge in [0, 0.05) is 12.1 Å². The van der Waals surface area contributed by atoms with Gasteiger partial charge in [0.25, 0.3) is 5.56 Å². The van der Waals surface area contributed by atoms with E-state index in [1.165, 1.54) is 23.6 Å². The van der Waals surface area contributed by atoms with Crippen molar-refractivity contribution < 1.29 is 4.74 Å². The quantitative estimate of drug-likeness (QED) is 0.832. The zero-order chi connectivity index (χ0) is 12.3. The van der Waals surface area contributed by atoms with E-state index in [-0.39, 0.29) is 11.0 Å². The summed E-state index contributed by atoms with van der Waals surface area (Å²) in [7, 11) is 1.56. The lowest BCUT2D eigenvalue weighted by atomic mass is 9.88. The Morgan fingerprint density at radius 2 is 2.18 bits per heavy atom. The lowest BCUT2D eigenvalue weighted by Crippen LogP contribution is -2.33. The molecule has 0 aromatic carbocycles. The van der Waals surface area contributed by atoms with Gasteiger partial charge in [-0.3, -0.25) is 4.79 Å². The average Bonchev–Trinajstić information content (AvgIpc) is 2.81. The summed E-state index contributed by atoms with van der Waals surface area (Å²) >= 11 is 4.44. The zero-order valence-electron chi connectivity index (χ0n) is 10.1. The molecule has 1 saturated carbocycles. The largest absolute Gasteiger partial charge is 0.480 e. The van der Waals surface area contributed by atoms with Crippen LogP contribution in [-0.4, -0.2) is 22.6 Å². The molecular formula is C12H18N2O2S. The topological polar surface area (TPSA) is 44.1 Å². The molecule has 0 radical (unpaired) electrons. The fourth-order valence-electron chi connectivity index (χ4n) is 2.46. The Hall–Kier alpha value is -0.970. The van der Waals surface area contributed by atoms with Gasteiger partial charge >= 0.3 is 0 Å². The van der Waals surface area contributed by atoms with Crippen molar-refractivity contribution in [2.75, 3.05) is 12.9 Å². The van der Waals surface area contributed by atoms with Gasteiger partial charge in [0.2, 0.25) is 5.88 Å². The average molecular weight is 254 g/mol. The van der Waals surface area contributed by atoms with Crippen molar-refractivity contribution in [3.8, 4) is 5.88 Å². The fraction of sp³-hybridized carbons (Fsp3) is 0.667. The minimum Gasteiger partial charge on any atom is -0.480 e. The number of hydrogen-bond donors (Lipinski definition) is 1. The molecule has 0 saturated heterocycles. The standard InChI is InChI=1S/C12H18N2O2S/c1-16-10-4-5-11(15)14(13-10)8-12(9-17)6-2-3-7-12/h4-5,17H,2-3,6-9H2,1H3. The molecule has 94 valence electrons. The molecule has 1 aliphatic carbocycles. The molecule has 0 spiro atoms. The van der Waals surface area contributed by atoms with Gasteiger partial charge in [-0.15, -0.1) is 5.10 Å². The summed E-state index contributed by atoms with van der Waals surface area (Å²) in [5.41, 5.74) is 0.0608. The monoisotopic (exact) mass is 254 g/mol.